The molecule has 0 amide bonds. The first-order valence-corrected chi connectivity index (χ1v) is 8.85. The van der Waals surface area contributed by atoms with Gasteiger partial charge in [-0.2, -0.15) is 5.10 Å². The zero-order valence-electron chi connectivity index (χ0n) is 15.3. The molecule has 1 aliphatic heterocycles. The van der Waals surface area contributed by atoms with E-state index in [2.05, 4.69) is 28.0 Å². The van der Waals surface area contributed by atoms with E-state index in [4.69, 9.17) is 14.5 Å². The van der Waals surface area contributed by atoms with Gasteiger partial charge in [-0.1, -0.05) is 0 Å². The second kappa shape index (κ2) is 6.82. The molecule has 0 aliphatic carbocycles. The Hall–Kier alpha value is -2.83. The highest BCUT2D eigenvalue weighted by Gasteiger charge is 2.23. The highest BCUT2D eigenvalue weighted by molar-refractivity contribution is 5.78. The second-order valence-electron chi connectivity index (χ2n) is 6.65. The van der Waals surface area contributed by atoms with E-state index in [9.17, 15) is 0 Å². The third kappa shape index (κ3) is 3.16. The number of nitrogens with zero attached hydrogens (tertiary/aromatic N) is 5. The summed E-state index contributed by atoms with van der Waals surface area (Å²) in [6.07, 6.45) is 5.69. The molecule has 1 fully saturated rings. The Morgan fingerprint density at radius 3 is 2.65 bits per heavy atom. The zero-order chi connectivity index (χ0) is 18.1. The molecule has 0 aromatic carbocycles. The molecule has 0 atom stereocenters. The monoisotopic (exact) mass is 353 g/mol. The van der Waals surface area contributed by atoms with Crippen LogP contribution in [-0.4, -0.2) is 46.1 Å². The van der Waals surface area contributed by atoms with Gasteiger partial charge in [0.1, 0.15) is 17.7 Å². The van der Waals surface area contributed by atoms with Crippen LogP contribution in [0.4, 0.5) is 5.82 Å². The van der Waals surface area contributed by atoms with Crippen molar-refractivity contribution < 1.29 is 9.47 Å². The maximum absolute atomic E-state index is 6.07. The normalized spacial score (nSPS) is 15.4. The average molecular weight is 353 g/mol. The van der Waals surface area contributed by atoms with Crippen molar-refractivity contribution >= 4 is 16.9 Å². The summed E-state index contributed by atoms with van der Waals surface area (Å²) in [6.45, 7) is 3.96. The molecule has 4 heterocycles. The van der Waals surface area contributed by atoms with Crippen molar-refractivity contribution in [3.63, 3.8) is 0 Å². The molecule has 0 N–H and O–H groups in total. The van der Waals surface area contributed by atoms with Crippen LogP contribution >= 0.6 is 0 Å². The fourth-order valence-electron chi connectivity index (χ4n) is 3.43. The number of hydrogen-bond donors (Lipinski definition) is 0. The summed E-state index contributed by atoms with van der Waals surface area (Å²) < 4.78 is 13.0. The molecule has 7 nitrogen and oxygen atoms in total. The van der Waals surface area contributed by atoms with E-state index in [1.807, 2.05) is 30.1 Å². The Morgan fingerprint density at radius 2 is 1.96 bits per heavy atom. The molecule has 1 saturated heterocycles. The molecule has 0 radical (unpaired) electrons. The lowest BCUT2D eigenvalue weighted by molar-refractivity contribution is 0.170. The summed E-state index contributed by atoms with van der Waals surface area (Å²) in [5.74, 6) is 2.43. The largest absolute Gasteiger partial charge is 0.489 e. The Morgan fingerprint density at radius 1 is 1.15 bits per heavy atom. The Balaban J connectivity index is 1.43. The van der Waals surface area contributed by atoms with Crippen molar-refractivity contribution in [1.82, 2.24) is 19.7 Å². The van der Waals surface area contributed by atoms with Gasteiger partial charge in [-0.3, -0.25) is 4.68 Å². The van der Waals surface area contributed by atoms with Crippen LogP contribution in [-0.2, 0) is 7.05 Å². The van der Waals surface area contributed by atoms with Gasteiger partial charge in [0, 0.05) is 44.4 Å². The number of anilines is 1. The molecule has 136 valence electrons. The van der Waals surface area contributed by atoms with Crippen LogP contribution in [0.2, 0.25) is 0 Å². The quantitative estimate of drug-likeness (QED) is 0.719. The number of ether oxygens (including phenoxy) is 2. The van der Waals surface area contributed by atoms with Crippen molar-refractivity contribution in [2.75, 3.05) is 25.1 Å². The lowest BCUT2D eigenvalue weighted by Crippen LogP contribution is -2.39. The predicted molar refractivity (Wildman–Crippen MR) is 99.9 cm³/mol. The van der Waals surface area contributed by atoms with E-state index in [0.29, 0.717) is 5.88 Å². The maximum Gasteiger partial charge on any atom is 0.213 e. The van der Waals surface area contributed by atoms with Gasteiger partial charge >= 0.3 is 0 Å². The summed E-state index contributed by atoms with van der Waals surface area (Å²) >= 11 is 0. The SMILES string of the molecule is COc1ccc(OC2CCN(c3nc4c(cnn4C)cc3C)CC2)cn1. The lowest BCUT2D eigenvalue weighted by atomic mass is 10.1. The minimum Gasteiger partial charge on any atom is -0.489 e. The molecule has 1 aliphatic rings. The first-order chi connectivity index (χ1) is 12.6. The van der Waals surface area contributed by atoms with Crippen LogP contribution in [0.25, 0.3) is 11.0 Å². The smallest absolute Gasteiger partial charge is 0.213 e. The first-order valence-electron chi connectivity index (χ1n) is 8.85. The van der Waals surface area contributed by atoms with Crippen LogP contribution in [0, 0.1) is 6.92 Å². The predicted octanol–water partition coefficient (Wildman–Crippen LogP) is 2.73. The third-order valence-electron chi connectivity index (χ3n) is 4.83. The van der Waals surface area contributed by atoms with E-state index < -0.39 is 0 Å². The van der Waals surface area contributed by atoms with Crippen molar-refractivity contribution in [1.29, 1.82) is 0 Å². The molecule has 0 unspecified atom stereocenters. The summed E-state index contributed by atoms with van der Waals surface area (Å²) in [6, 6.07) is 5.89. The Bertz CT molecular complexity index is 898. The van der Waals surface area contributed by atoms with Crippen LogP contribution < -0.4 is 14.4 Å². The van der Waals surface area contributed by atoms with Gasteiger partial charge in [0.25, 0.3) is 0 Å². The molecule has 26 heavy (non-hydrogen) atoms. The van der Waals surface area contributed by atoms with Gasteiger partial charge < -0.3 is 14.4 Å². The van der Waals surface area contributed by atoms with Crippen LogP contribution in [0.15, 0.2) is 30.6 Å². The zero-order valence-corrected chi connectivity index (χ0v) is 15.3. The molecular weight excluding hydrogens is 330 g/mol. The Kier molecular flexibility index (Phi) is 4.36. The highest BCUT2D eigenvalue weighted by Crippen LogP contribution is 2.27. The molecule has 3 aromatic rings. The molecular formula is C19H23N5O2. The average Bonchev–Trinajstić information content (AvgIpc) is 3.02. The van der Waals surface area contributed by atoms with Crippen LogP contribution in [0.3, 0.4) is 0 Å². The van der Waals surface area contributed by atoms with E-state index in [-0.39, 0.29) is 6.10 Å². The van der Waals surface area contributed by atoms with Crippen molar-refractivity contribution in [3.8, 4) is 11.6 Å². The van der Waals surface area contributed by atoms with E-state index in [0.717, 1.165) is 48.5 Å². The van der Waals surface area contributed by atoms with Crippen LogP contribution in [0.1, 0.15) is 18.4 Å². The summed E-state index contributed by atoms with van der Waals surface area (Å²) in [5, 5.41) is 5.38. The van der Waals surface area contributed by atoms with E-state index >= 15 is 0 Å². The fraction of sp³-hybridized carbons (Fsp3) is 0.421. The van der Waals surface area contributed by atoms with Gasteiger partial charge in [0.05, 0.1) is 19.5 Å². The Labute approximate surface area is 152 Å². The molecule has 0 saturated carbocycles. The van der Waals surface area contributed by atoms with E-state index in [1.165, 1.54) is 5.56 Å². The number of rotatable bonds is 4. The van der Waals surface area contributed by atoms with Gasteiger partial charge in [0.2, 0.25) is 5.88 Å². The molecule has 0 spiro atoms. The standard InChI is InChI=1S/C19H23N5O2/c1-13-10-14-11-21-23(2)19(14)22-18(13)24-8-6-15(7-9-24)26-16-4-5-17(25-3)20-12-16/h4-5,10-12,15H,6-9H2,1-3H3. The highest BCUT2D eigenvalue weighted by atomic mass is 16.5. The summed E-state index contributed by atoms with van der Waals surface area (Å²) in [4.78, 5) is 11.4. The summed E-state index contributed by atoms with van der Waals surface area (Å²) in [5.41, 5.74) is 2.11. The van der Waals surface area contributed by atoms with Gasteiger partial charge in [-0.05, 0) is 24.6 Å². The second-order valence-corrected chi connectivity index (χ2v) is 6.65. The number of piperidine rings is 1. The number of aryl methyl sites for hydroxylation is 2. The number of aromatic nitrogens is 4. The summed E-state index contributed by atoms with van der Waals surface area (Å²) in [7, 11) is 3.54. The van der Waals surface area contributed by atoms with Gasteiger partial charge in [0.15, 0.2) is 5.65 Å². The van der Waals surface area contributed by atoms with Crippen LogP contribution in [0.5, 0.6) is 11.6 Å². The van der Waals surface area contributed by atoms with Crippen molar-refractivity contribution in [3.05, 3.63) is 36.2 Å². The van der Waals surface area contributed by atoms with Crippen molar-refractivity contribution in [2.45, 2.75) is 25.9 Å². The minimum absolute atomic E-state index is 0.196. The minimum atomic E-state index is 0.196. The number of methoxy groups -OCH3 is 1. The molecule has 7 heteroatoms. The molecule has 4 rings (SSSR count). The number of pyridine rings is 2. The number of fused-ring (bicyclic) bond motifs is 1. The third-order valence-corrected chi connectivity index (χ3v) is 4.83. The number of hydrogen-bond acceptors (Lipinski definition) is 6. The van der Waals surface area contributed by atoms with Gasteiger partial charge in [-0.25, -0.2) is 9.97 Å². The van der Waals surface area contributed by atoms with E-state index in [1.54, 1.807) is 13.3 Å². The maximum atomic E-state index is 6.07. The molecule has 3 aromatic heterocycles. The first kappa shape index (κ1) is 16.6. The molecule has 0 bridgehead atoms. The topological polar surface area (TPSA) is 65.3 Å². The van der Waals surface area contributed by atoms with Crippen molar-refractivity contribution in [2.24, 2.45) is 7.05 Å². The fourth-order valence-corrected chi connectivity index (χ4v) is 3.43. The van der Waals surface area contributed by atoms with Gasteiger partial charge in [-0.15, -0.1) is 0 Å². The lowest BCUT2D eigenvalue weighted by Gasteiger charge is -2.33.